The second-order valence-electron chi connectivity index (χ2n) is 3.25. The maximum atomic E-state index is 13.4. The average molecular weight is 223 g/mol. The first-order valence-corrected chi connectivity index (χ1v) is 4.39. The molecule has 1 aromatic carbocycles. The zero-order valence-corrected chi connectivity index (χ0v) is 7.94. The predicted octanol–water partition coefficient (Wildman–Crippen LogP) is 0.440. The monoisotopic (exact) mass is 223 g/mol. The number of halogens is 1. The van der Waals surface area contributed by atoms with E-state index in [0.717, 1.165) is 6.07 Å². The van der Waals surface area contributed by atoms with Crippen molar-refractivity contribution >= 4 is 23.3 Å². The number of benzene rings is 1. The number of aliphatic carboxylic acids is 1. The van der Waals surface area contributed by atoms with Gasteiger partial charge < -0.3 is 5.11 Å². The van der Waals surface area contributed by atoms with E-state index >= 15 is 0 Å². The minimum absolute atomic E-state index is 0.0914. The van der Waals surface area contributed by atoms with Gasteiger partial charge in [-0.2, -0.15) is 0 Å². The third-order valence-corrected chi connectivity index (χ3v) is 2.23. The standard InChI is InChI=1S/C10H6FNO4/c11-6-3-1-2-5-8(6)12(4-7(13)14)10(16)9(5)15/h1-3H,4H2,(H,13,14). The van der Waals surface area contributed by atoms with E-state index in [-0.39, 0.29) is 11.3 Å². The van der Waals surface area contributed by atoms with E-state index in [1.165, 1.54) is 12.1 Å². The van der Waals surface area contributed by atoms with Gasteiger partial charge in [0.15, 0.2) is 0 Å². The summed E-state index contributed by atoms with van der Waals surface area (Å²) in [6.45, 7) is -0.724. The van der Waals surface area contributed by atoms with Crippen LogP contribution in [0.3, 0.4) is 0 Å². The van der Waals surface area contributed by atoms with Crippen molar-refractivity contribution in [3.8, 4) is 0 Å². The summed E-state index contributed by atoms with van der Waals surface area (Å²) in [5.74, 6) is -3.98. The number of rotatable bonds is 2. The molecule has 1 aliphatic heterocycles. The molecule has 0 aromatic heterocycles. The molecule has 1 aromatic rings. The first-order valence-electron chi connectivity index (χ1n) is 4.39. The summed E-state index contributed by atoms with van der Waals surface area (Å²) in [5.41, 5.74) is -0.342. The first kappa shape index (κ1) is 10.3. The molecule has 0 unspecified atom stereocenters. The largest absolute Gasteiger partial charge is 0.480 e. The van der Waals surface area contributed by atoms with Crippen LogP contribution in [0.4, 0.5) is 10.1 Å². The highest BCUT2D eigenvalue weighted by atomic mass is 19.1. The van der Waals surface area contributed by atoms with E-state index in [4.69, 9.17) is 5.11 Å². The molecule has 82 valence electrons. The molecule has 6 heteroatoms. The number of hydrogen-bond donors (Lipinski definition) is 1. The van der Waals surface area contributed by atoms with E-state index in [1.54, 1.807) is 0 Å². The molecule has 0 saturated heterocycles. The number of nitrogens with zero attached hydrogens (tertiary/aromatic N) is 1. The fourth-order valence-electron chi connectivity index (χ4n) is 1.60. The van der Waals surface area contributed by atoms with Crippen LogP contribution in [0.5, 0.6) is 0 Å². The Morgan fingerprint density at radius 3 is 2.69 bits per heavy atom. The smallest absolute Gasteiger partial charge is 0.323 e. The maximum absolute atomic E-state index is 13.4. The summed E-state index contributed by atoms with van der Waals surface area (Å²) in [6, 6.07) is 3.66. The topological polar surface area (TPSA) is 74.7 Å². The van der Waals surface area contributed by atoms with E-state index in [1.807, 2.05) is 0 Å². The lowest BCUT2D eigenvalue weighted by Crippen LogP contribution is -2.34. The zero-order chi connectivity index (χ0) is 11.9. The summed E-state index contributed by atoms with van der Waals surface area (Å²) in [5, 5.41) is 8.57. The van der Waals surface area contributed by atoms with E-state index in [0.29, 0.717) is 4.90 Å². The van der Waals surface area contributed by atoms with Gasteiger partial charge in [0.2, 0.25) is 0 Å². The van der Waals surface area contributed by atoms with Gasteiger partial charge in [-0.3, -0.25) is 19.3 Å². The molecule has 0 aliphatic carbocycles. The van der Waals surface area contributed by atoms with Crippen molar-refractivity contribution in [2.75, 3.05) is 11.4 Å². The molecule has 1 amide bonds. The van der Waals surface area contributed by atoms with Crippen molar-refractivity contribution in [3.63, 3.8) is 0 Å². The molecule has 0 spiro atoms. The molecule has 5 nitrogen and oxygen atoms in total. The number of hydrogen-bond acceptors (Lipinski definition) is 3. The minimum Gasteiger partial charge on any atom is -0.480 e. The lowest BCUT2D eigenvalue weighted by Gasteiger charge is -2.13. The van der Waals surface area contributed by atoms with E-state index in [2.05, 4.69) is 0 Å². The van der Waals surface area contributed by atoms with Crippen LogP contribution in [0, 0.1) is 5.82 Å². The van der Waals surface area contributed by atoms with Gasteiger partial charge in [-0.25, -0.2) is 4.39 Å². The summed E-state index contributed by atoms with van der Waals surface area (Å²) in [4.78, 5) is 33.9. The van der Waals surface area contributed by atoms with Gasteiger partial charge in [0.25, 0.3) is 11.7 Å². The lowest BCUT2D eigenvalue weighted by molar-refractivity contribution is -0.136. The van der Waals surface area contributed by atoms with Crippen molar-refractivity contribution in [2.24, 2.45) is 0 Å². The molecule has 0 radical (unpaired) electrons. The normalized spacial score (nSPS) is 14.2. The second kappa shape index (κ2) is 3.41. The number of anilines is 1. The van der Waals surface area contributed by atoms with Crippen LogP contribution >= 0.6 is 0 Å². The van der Waals surface area contributed by atoms with Crippen LogP contribution in [0.2, 0.25) is 0 Å². The van der Waals surface area contributed by atoms with Crippen LogP contribution in [0.15, 0.2) is 18.2 Å². The summed E-state index contributed by atoms with van der Waals surface area (Å²) in [6.07, 6.45) is 0. The Hall–Kier alpha value is -2.24. The molecule has 0 saturated carbocycles. The fourth-order valence-corrected chi connectivity index (χ4v) is 1.60. The highest BCUT2D eigenvalue weighted by molar-refractivity contribution is 6.52. The first-order chi connectivity index (χ1) is 7.52. The Labute approximate surface area is 89.1 Å². The van der Waals surface area contributed by atoms with Gasteiger partial charge in [0.05, 0.1) is 11.3 Å². The van der Waals surface area contributed by atoms with Crippen LogP contribution < -0.4 is 4.90 Å². The van der Waals surface area contributed by atoms with Crippen LogP contribution in [0.25, 0.3) is 0 Å². The molecular weight excluding hydrogens is 217 g/mol. The molecule has 0 atom stereocenters. The van der Waals surface area contributed by atoms with Gasteiger partial charge in [-0.05, 0) is 12.1 Å². The fraction of sp³-hybridized carbons (Fsp3) is 0.100. The van der Waals surface area contributed by atoms with Gasteiger partial charge in [-0.15, -0.1) is 0 Å². The average Bonchev–Trinajstić information content (AvgIpc) is 2.45. The van der Waals surface area contributed by atoms with Crippen molar-refractivity contribution in [2.45, 2.75) is 0 Å². The summed E-state index contributed by atoms with van der Waals surface area (Å²) in [7, 11) is 0. The summed E-state index contributed by atoms with van der Waals surface area (Å²) < 4.78 is 13.4. The molecular formula is C10H6FNO4. The molecule has 16 heavy (non-hydrogen) atoms. The minimum atomic E-state index is -1.31. The van der Waals surface area contributed by atoms with Gasteiger partial charge >= 0.3 is 5.97 Å². The van der Waals surface area contributed by atoms with Crippen molar-refractivity contribution < 1.29 is 23.9 Å². The highest BCUT2D eigenvalue weighted by Crippen LogP contribution is 2.31. The van der Waals surface area contributed by atoms with Crippen molar-refractivity contribution in [3.05, 3.63) is 29.6 Å². The number of para-hydroxylation sites is 1. The van der Waals surface area contributed by atoms with Gasteiger partial charge in [0.1, 0.15) is 12.4 Å². The maximum Gasteiger partial charge on any atom is 0.323 e. The second-order valence-corrected chi connectivity index (χ2v) is 3.25. The Kier molecular flexibility index (Phi) is 2.19. The Bertz CT molecular complexity index is 512. The van der Waals surface area contributed by atoms with Gasteiger partial charge in [0, 0.05) is 0 Å². The third-order valence-electron chi connectivity index (χ3n) is 2.23. The van der Waals surface area contributed by atoms with Crippen molar-refractivity contribution in [1.82, 2.24) is 0 Å². The van der Waals surface area contributed by atoms with E-state index < -0.39 is 30.0 Å². The third kappa shape index (κ3) is 1.35. The van der Waals surface area contributed by atoms with Crippen LogP contribution in [0.1, 0.15) is 10.4 Å². The van der Waals surface area contributed by atoms with Crippen LogP contribution in [-0.4, -0.2) is 29.3 Å². The molecule has 1 N–H and O–H groups in total. The number of carboxylic acids is 1. The number of ketones is 1. The van der Waals surface area contributed by atoms with Crippen LogP contribution in [-0.2, 0) is 9.59 Å². The summed E-state index contributed by atoms with van der Waals surface area (Å²) >= 11 is 0. The number of Topliss-reactive ketones (excluding diaryl/α,β-unsaturated/α-hetero) is 1. The van der Waals surface area contributed by atoms with Crippen molar-refractivity contribution in [1.29, 1.82) is 0 Å². The highest BCUT2D eigenvalue weighted by Gasteiger charge is 2.38. The number of fused-ring (bicyclic) bond motifs is 1. The lowest BCUT2D eigenvalue weighted by atomic mass is 10.1. The van der Waals surface area contributed by atoms with Gasteiger partial charge in [-0.1, -0.05) is 6.07 Å². The molecule has 1 heterocycles. The molecule has 1 aliphatic rings. The van der Waals surface area contributed by atoms with E-state index in [9.17, 15) is 18.8 Å². The molecule has 0 fully saturated rings. The Morgan fingerprint density at radius 2 is 2.06 bits per heavy atom. The Morgan fingerprint density at radius 1 is 1.38 bits per heavy atom. The SMILES string of the molecule is O=C(O)CN1C(=O)C(=O)c2cccc(F)c21. The molecule has 0 bridgehead atoms. The number of amides is 1. The number of carbonyl (C=O) groups is 3. The predicted molar refractivity (Wildman–Crippen MR) is 50.7 cm³/mol. The molecule has 2 rings (SSSR count). The number of carbonyl (C=O) groups excluding carboxylic acids is 2. The number of carboxylic acid groups (broad SMARTS) is 1. The zero-order valence-electron chi connectivity index (χ0n) is 7.94. The Balaban J connectivity index is 2.56. The quantitative estimate of drug-likeness (QED) is 0.738.